The van der Waals surface area contributed by atoms with E-state index in [0.717, 1.165) is 44.7 Å². The first-order valence-corrected chi connectivity index (χ1v) is 11.4. The van der Waals surface area contributed by atoms with Gasteiger partial charge >= 0.3 is 5.69 Å². The number of hydrogen-bond donors (Lipinski definition) is 0. The topological polar surface area (TPSA) is 91.5 Å². The number of nitro groups is 1. The number of pyridine rings is 1. The molecule has 9 nitrogen and oxygen atoms in total. The van der Waals surface area contributed by atoms with Crippen LogP contribution in [0.4, 0.5) is 23.1 Å². The number of fused-ring (bicyclic) bond motifs is 2. The van der Waals surface area contributed by atoms with Crippen LogP contribution in [0.15, 0.2) is 30.7 Å². The van der Waals surface area contributed by atoms with E-state index in [1.54, 1.807) is 6.20 Å². The van der Waals surface area contributed by atoms with Crippen molar-refractivity contribution in [2.24, 2.45) is 10.8 Å². The van der Waals surface area contributed by atoms with Crippen LogP contribution < -0.4 is 14.7 Å². The lowest BCUT2D eigenvalue weighted by molar-refractivity contribution is -0.383. The van der Waals surface area contributed by atoms with Crippen molar-refractivity contribution in [3.05, 3.63) is 40.8 Å². The summed E-state index contributed by atoms with van der Waals surface area (Å²) in [7, 11) is 0. The Kier molecular flexibility index (Phi) is 4.94. The summed E-state index contributed by atoms with van der Waals surface area (Å²) in [6.07, 6.45) is 6.52. The van der Waals surface area contributed by atoms with Gasteiger partial charge in [-0.2, -0.15) is 0 Å². The van der Waals surface area contributed by atoms with Crippen LogP contribution in [0.2, 0.25) is 0 Å². The summed E-state index contributed by atoms with van der Waals surface area (Å²) in [5.74, 6) is 1.86. The summed E-state index contributed by atoms with van der Waals surface area (Å²) in [6.45, 7) is 10.5. The Bertz CT molecular complexity index is 1010. The molecule has 3 fully saturated rings. The Morgan fingerprint density at radius 3 is 2.41 bits per heavy atom. The van der Waals surface area contributed by atoms with Gasteiger partial charge in [-0.25, -0.2) is 15.0 Å². The second kappa shape index (κ2) is 7.56. The third-order valence-electron chi connectivity index (χ3n) is 7.21. The molecule has 2 bridgehead atoms. The van der Waals surface area contributed by atoms with E-state index < -0.39 is 0 Å². The molecular weight excluding hydrogens is 406 g/mol. The van der Waals surface area contributed by atoms with Crippen molar-refractivity contribution in [2.75, 3.05) is 47.4 Å². The molecule has 2 aromatic rings. The number of rotatable bonds is 4. The van der Waals surface area contributed by atoms with Gasteiger partial charge in [-0.3, -0.25) is 10.1 Å². The van der Waals surface area contributed by atoms with Gasteiger partial charge in [0.2, 0.25) is 11.6 Å². The number of nitrogens with zero attached hydrogens (tertiary/aromatic N) is 7. The van der Waals surface area contributed by atoms with E-state index in [4.69, 9.17) is 0 Å². The number of aromatic nitrogens is 3. The van der Waals surface area contributed by atoms with Crippen LogP contribution in [0.25, 0.3) is 0 Å². The molecule has 170 valence electrons. The summed E-state index contributed by atoms with van der Waals surface area (Å²) in [5.41, 5.74) is 0.450. The quantitative estimate of drug-likeness (QED) is 0.530. The highest BCUT2D eigenvalue weighted by molar-refractivity contribution is 5.72. The number of piperazine rings is 1. The Balaban J connectivity index is 1.42. The van der Waals surface area contributed by atoms with Crippen molar-refractivity contribution in [3.8, 4) is 0 Å². The Morgan fingerprint density at radius 2 is 1.72 bits per heavy atom. The minimum absolute atomic E-state index is 0.0488. The summed E-state index contributed by atoms with van der Waals surface area (Å²) >= 11 is 0. The highest BCUT2D eigenvalue weighted by Gasteiger charge is 2.51. The highest BCUT2D eigenvalue weighted by Crippen LogP contribution is 2.54. The van der Waals surface area contributed by atoms with Crippen LogP contribution in [0.5, 0.6) is 0 Å². The van der Waals surface area contributed by atoms with Crippen LogP contribution >= 0.6 is 0 Å². The van der Waals surface area contributed by atoms with E-state index >= 15 is 0 Å². The van der Waals surface area contributed by atoms with Gasteiger partial charge in [0.1, 0.15) is 12.1 Å². The first-order valence-electron chi connectivity index (χ1n) is 11.4. The van der Waals surface area contributed by atoms with E-state index in [1.807, 2.05) is 23.1 Å². The van der Waals surface area contributed by atoms with Crippen LogP contribution in [-0.2, 0) is 0 Å². The molecule has 2 aliphatic heterocycles. The fraction of sp³-hybridized carbons (Fsp3) is 0.609. The van der Waals surface area contributed by atoms with E-state index in [9.17, 15) is 10.1 Å². The Hall–Kier alpha value is -2.97. The molecule has 0 N–H and O–H groups in total. The molecule has 2 aromatic heterocycles. The largest absolute Gasteiger partial charge is 0.353 e. The van der Waals surface area contributed by atoms with Gasteiger partial charge in [-0.05, 0) is 42.2 Å². The Labute approximate surface area is 188 Å². The highest BCUT2D eigenvalue weighted by atomic mass is 16.6. The SMILES string of the molecule is CC1(C)CC2CC(C)(CN2c2ncnc(N3CCN(c4ccccn4)CC3)c2[N+](=O)[O-])C1. The summed E-state index contributed by atoms with van der Waals surface area (Å²) in [4.78, 5) is 31.7. The number of anilines is 3. The summed E-state index contributed by atoms with van der Waals surface area (Å²) in [5, 5.41) is 12.3. The van der Waals surface area contributed by atoms with E-state index in [1.165, 1.54) is 6.33 Å². The van der Waals surface area contributed by atoms with Gasteiger partial charge in [0, 0.05) is 45.0 Å². The number of hydrogen-bond acceptors (Lipinski definition) is 8. The molecule has 2 unspecified atom stereocenters. The van der Waals surface area contributed by atoms with Crippen LogP contribution in [0, 0.1) is 20.9 Å². The van der Waals surface area contributed by atoms with Crippen LogP contribution in [-0.4, -0.2) is 58.6 Å². The van der Waals surface area contributed by atoms with E-state index in [-0.39, 0.29) is 27.5 Å². The second-order valence-corrected chi connectivity index (χ2v) is 10.6. The predicted octanol–water partition coefficient (Wildman–Crippen LogP) is 3.51. The molecule has 0 aromatic carbocycles. The molecule has 5 rings (SSSR count). The van der Waals surface area contributed by atoms with Crippen molar-refractivity contribution in [3.63, 3.8) is 0 Å². The van der Waals surface area contributed by atoms with Crippen molar-refractivity contribution in [1.82, 2.24) is 15.0 Å². The molecular formula is C23H31N7O2. The molecule has 0 spiro atoms. The fourth-order valence-corrected chi connectivity index (χ4v) is 6.36. The molecule has 1 aliphatic carbocycles. The zero-order valence-electron chi connectivity index (χ0n) is 19.1. The molecule has 2 saturated heterocycles. The maximum Gasteiger partial charge on any atom is 0.353 e. The third-order valence-corrected chi connectivity index (χ3v) is 7.21. The third kappa shape index (κ3) is 3.73. The Morgan fingerprint density at radius 1 is 1.00 bits per heavy atom. The lowest BCUT2D eigenvalue weighted by Crippen LogP contribution is -2.47. The summed E-state index contributed by atoms with van der Waals surface area (Å²) in [6, 6.07) is 6.16. The van der Waals surface area contributed by atoms with Crippen LogP contribution in [0.3, 0.4) is 0 Å². The van der Waals surface area contributed by atoms with Crippen molar-refractivity contribution in [1.29, 1.82) is 0 Å². The second-order valence-electron chi connectivity index (χ2n) is 10.6. The van der Waals surface area contributed by atoms with Gasteiger partial charge in [0.15, 0.2) is 0 Å². The summed E-state index contributed by atoms with van der Waals surface area (Å²) < 4.78 is 0. The molecule has 4 heterocycles. The normalized spacial score (nSPS) is 27.0. The monoisotopic (exact) mass is 437 g/mol. The zero-order valence-corrected chi connectivity index (χ0v) is 19.1. The smallest absolute Gasteiger partial charge is 0.353 e. The molecule has 1 saturated carbocycles. The lowest BCUT2D eigenvalue weighted by Gasteiger charge is -2.39. The van der Waals surface area contributed by atoms with E-state index in [2.05, 4.69) is 45.5 Å². The molecule has 9 heteroatoms. The van der Waals surface area contributed by atoms with Crippen LogP contribution in [0.1, 0.15) is 40.0 Å². The maximum absolute atomic E-state index is 12.3. The molecule has 2 atom stereocenters. The van der Waals surface area contributed by atoms with Gasteiger partial charge < -0.3 is 14.7 Å². The standard InChI is InChI=1S/C23H31N7O2/c1-22(2)12-17-13-23(3,14-22)15-29(17)21-19(30(31)32)20(25-16-26-21)28-10-8-27(9-11-28)18-6-4-5-7-24-18/h4-7,16-17H,8-15H2,1-3H3. The van der Waals surface area contributed by atoms with Gasteiger partial charge in [-0.15, -0.1) is 0 Å². The lowest BCUT2D eigenvalue weighted by atomic mass is 9.65. The minimum atomic E-state index is -0.286. The zero-order chi connectivity index (χ0) is 22.5. The first kappa shape index (κ1) is 20.9. The van der Waals surface area contributed by atoms with Crippen molar-refractivity contribution >= 4 is 23.1 Å². The molecule has 3 aliphatic rings. The average molecular weight is 438 g/mol. The average Bonchev–Trinajstić information content (AvgIpc) is 3.02. The maximum atomic E-state index is 12.3. The van der Waals surface area contributed by atoms with E-state index in [0.29, 0.717) is 24.7 Å². The predicted molar refractivity (Wildman–Crippen MR) is 124 cm³/mol. The molecule has 0 radical (unpaired) electrons. The molecule has 0 amide bonds. The van der Waals surface area contributed by atoms with Gasteiger partial charge in [0.25, 0.3) is 0 Å². The van der Waals surface area contributed by atoms with Gasteiger partial charge in [-0.1, -0.05) is 26.8 Å². The minimum Gasteiger partial charge on any atom is -0.353 e. The fourth-order valence-electron chi connectivity index (χ4n) is 6.36. The van der Waals surface area contributed by atoms with Gasteiger partial charge in [0.05, 0.1) is 4.92 Å². The van der Waals surface area contributed by atoms with Crippen molar-refractivity contribution in [2.45, 2.75) is 46.1 Å². The van der Waals surface area contributed by atoms with Crippen molar-refractivity contribution < 1.29 is 4.92 Å². The first-order chi connectivity index (χ1) is 15.2. The molecule has 32 heavy (non-hydrogen) atoms.